The van der Waals surface area contributed by atoms with Crippen molar-refractivity contribution in [2.45, 2.75) is 25.6 Å². The topological polar surface area (TPSA) is 40.5 Å². The second-order valence-corrected chi connectivity index (χ2v) is 4.81. The molecule has 0 saturated carbocycles. The Labute approximate surface area is 120 Å². The molecule has 2 aromatic carbocycles. The van der Waals surface area contributed by atoms with E-state index in [4.69, 9.17) is 5.11 Å². The van der Waals surface area contributed by atoms with Crippen molar-refractivity contribution >= 4 is 0 Å². The van der Waals surface area contributed by atoms with E-state index in [1.54, 1.807) is 0 Å². The van der Waals surface area contributed by atoms with Crippen molar-refractivity contribution < 1.29 is 10.2 Å². The van der Waals surface area contributed by atoms with Gasteiger partial charge in [0.05, 0.1) is 12.7 Å². The van der Waals surface area contributed by atoms with Crippen LogP contribution >= 0.6 is 0 Å². The van der Waals surface area contributed by atoms with E-state index in [2.05, 4.69) is 0 Å². The van der Waals surface area contributed by atoms with Gasteiger partial charge in [0.2, 0.25) is 0 Å². The quantitative estimate of drug-likeness (QED) is 0.814. The summed E-state index contributed by atoms with van der Waals surface area (Å²) in [5.41, 5.74) is 2.79. The summed E-state index contributed by atoms with van der Waals surface area (Å²) in [6, 6.07) is 17.4. The molecule has 0 aliphatic rings. The van der Waals surface area contributed by atoms with Crippen LogP contribution in [0.5, 0.6) is 0 Å². The molecule has 2 aromatic rings. The van der Waals surface area contributed by atoms with Gasteiger partial charge in [-0.15, -0.1) is 0 Å². The maximum absolute atomic E-state index is 10.6. The van der Waals surface area contributed by atoms with Crippen molar-refractivity contribution in [3.05, 3.63) is 83.4 Å². The normalized spacial score (nSPS) is 14.3. The van der Waals surface area contributed by atoms with Crippen LogP contribution in [0.4, 0.5) is 0 Å². The fraction of sp³-hybridized carbons (Fsp3) is 0.222. The van der Waals surface area contributed by atoms with Crippen LogP contribution in [-0.4, -0.2) is 10.2 Å². The van der Waals surface area contributed by atoms with Crippen molar-refractivity contribution in [1.29, 1.82) is 0 Å². The lowest BCUT2D eigenvalue weighted by Gasteiger charge is -2.21. The maximum Gasteiger partial charge on any atom is 0.0893 e. The van der Waals surface area contributed by atoms with Gasteiger partial charge in [0.25, 0.3) is 0 Å². The van der Waals surface area contributed by atoms with Gasteiger partial charge in [0, 0.05) is 5.92 Å². The molecular formula is C18H20O2. The molecule has 20 heavy (non-hydrogen) atoms. The zero-order valence-corrected chi connectivity index (χ0v) is 11.6. The number of allylic oxidation sites excluding steroid dienone is 1. The molecule has 2 atom stereocenters. The summed E-state index contributed by atoms with van der Waals surface area (Å²) in [4.78, 5) is 0. The number of rotatable bonds is 5. The van der Waals surface area contributed by atoms with Crippen LogP contribution in [0.25, 0.3) is 0 Å². The van der Waals surface area contributed by atoms with Gasteiger partial charge in [-0.25, -0.2) is 0 Å². The second-order valence-electron chi connectivity index (χ2n) is 4.81. The molecule has 0 fully saturated rings. The van der Waals surface area contributed by atoms with Crippen LogP contribution < -0.4 is 0 Å². The predicted octanol–water partition coefficient (Wildman–Crippen LogP) is 3.57. The maximum atomic E-state index is 10.6. The average Bonchev–Trinajstić information content (AvgIpc) is 2.53. The number of benzene rings is 2. The molecule has 0 spiro atoms. The summed E-state index contributed by atoms with van der Waals surface area (Å²) in [6.07, 6.45) is 3.38. The minimum absolute atomic E-state index is 0.0212. The largest absolute Gasteiger partial charge is 0.392 e. The Morgan fingerprint density at radius 3 is 2.15 bits per heavy atom. The Balaban J connectivity index is 2.28. The predicted molar refractivity (Wildman–Crippen MR) is 81.3 cm³/mol. The minimum Gasteiger partial charge on any atom is -0.392 e. The van der Waals surface area contributed by atoms with Crippen LogP contribution in [0.3, 0.4) is 0 Å². The molecule has 104 valence electrons. The molecule has 0 aliphatic carbocycles. The summed E-state index contributed by atoms with van der Waals surface area (Å²) in [5, 5.41) is 19.7. The van der Waals surface area contributed by atoms with E-state index in [0.29, 0.717) is 0 Å². The lowest BCUT2D eigenvalue weighted by atomic mass is 9.88. The van der Waals surface area contributed by atoms with Crippen molar-refractivity contribution in [2.75, 3.05) is 0 Å². The van der Waals surface area contributed by atoms with Gasteiger partial charge in [-0.3, -0.25) is 0 Å². The van der Waals surface area contributed by atoms with Crippen LogP contribution in [0.1, 0.15) is 35.6 Å². The van der Waals surface area contributed by atoms with Gasteiger partial charge >= 0.3 is 0 Å². The molecule has 2 rings (SSSR count). The highest BCUT2D eigenvalue weighted by molar-refractivity contribution is 5.31. The summed E-state index contributed by atoms with van der Waals surface area (Å²) in [6.45, 7) is 1.98. The molecule has 0 saturated heterocycles. The molecule has 0 aliphatic heterocycles. The molecule has 0 heterocycles. The van der Waals surface area contributed by atoms with Crippen LogP contribution in [-0.2, 0) is 6.61 Å². The minimum atomic E-state index is -0.596. The van der Waals surface area contributed by atoms with Crippen molar-refractivity contribution in [3.8, 4) is 0 Å². The number of hydrogen-bond acceptors (Lipinski definition) is 2. The fourth-order valence-corrected chi connectivity index (χ4v) is 2.31. The zero-order valence-electron chi connectivity index (χ0n) is 11.6. The van der Waals surface area contributed by atoms with E-state index in [0.717, 1.165) is 16.7 Å². The van der Waals surface area contributed by atoms with Crippen molar-refractivity contribution in [3.63, 3.8) is 0 Å². The van der Waals surface area contributed by atoms with Gasteiger partial charge in [-0.05, 0) is 23.6 Å². The fourth-order valence-electron chi connectivity index (χ4n) is 2.31. The SMILES string of the molecule is C/C=C/[C@H](c1ccccc1)[C@H](O)c1ccc(CO)cc1. The van der Waals surface area contributed by atoms with Crippen LogP contribution in [0.15, 0.2) is 66.7 Å². The average molecular weight is 268 g/mol. The van der Waals surface area contributed by atoms with Crippen LogP contribution in [0, 0.1) is 0 Å². The lowest BCUT2D eigenvalue weighted by molar-refractivity contribution is 0.161. The lowest BCUT2D eigenvalue weighted by Crippen LogP contribution is -2.09. The molecule has 2 N–H and O–H groups in total. The van der Waals surface area contributed by atoms with Crippen molar-refractivity contribution in [2.24, 2.45) is 0 Å². The Morgan fingerprint density at radius 1 is 0.950 bits per heavy atom. The first-order valence-corrected chi connectivity index (χ1v) is 6.81. The Morgan fingerprint density at radius 2 is 1.60 bits per heavy atom. The highest BCUT2D eigenvalue weighted by atomic mass is 16.3. The first-order valence-electron chi connectivity index (χ1n) is 6.81. The first-order chi connectivity index (χ1) is 9.76. The van der Waals surface area contributed by atoms with E-state index in [1.807, 2.05) is 73.7 Å². The van der Waals surface area contributed by atoms with Gasteiger partial charge in [0.1, 0.15) is 0 Å². The highest BCUT2D eigenvalue weighted by Crippen LogP contribution is 2.32. The second kappa shape index (κ2) is 7.04. The molecular weight excluding hydrogens is 248 g/mol. The van der Waals surface area contributed by atoms with E-state index < -0.39 is 6.10 Å². The van der Waals surface area contributed by atoms with Gasteiger partial charge in [-0.1, -0.05) is 66.7 Å². The third kappa shape index (κ3) is 3.35. The Kier molecular flexibility index (Phi) is 5.10. The molecule has 2 nitrogen and oxygen atoms in total. The summed E-state index contributed by atoms with van der Waals surface area (Å²) in [5.74, 6) is -0.0684. The Bertz CT molecular complexity index is 543. The first kappa shape index (κ1) is 14.5. The number of aliphatic hydroxyl groups excluding tert-OH is 2. The van der Waals surface area contributed by atoms with E-state index in [-0.39, 0.29) is 12.5 Å². The molecule has 0 unspecified atom stereocenters. The standard InChI is InChI=1S/C18H20O2/c1-2-6-17(15-7-4-3-5-8-15)18(20)16-11-9-14(13-19)10-12-16/h2-12,17-20H,13H2,1H3/b6-2+/t17-,18-/m1/s1. The monoisotopic (exact) mass is 268 g/mol. The van der Waals surface area contributed by atoms with Gasteiger partial charge in [0.15, 0.2) is 0 Å². The van der Waals surface area contributed by atoms with Crippen LogP contribution in [0.2, 0.25) is 0 Å². The summed E-state index contributed by atoms with van der Waals surface area (Å²) in [7, 11) is 0. The smallest absolute Gasteiger partial charge is 0.0893 e. The molecule has 0 amide bonds. The summed E-state index contributed by atoms with van der Waals surface area (Å²) >= 11 is 0. The molecule has 0 bridgehead atoms. The number of aliphatic hydroxyl groups is 2. The highest BCUT2D eigenvalue weighted by Gasteiger charge is 2.19. The zero-order chi connectivity index (χ0) is 14.4. The third-order valence-electron chi connectivity index (χ3n) is 3.43. The van der Waals surface area contributed by atoms with E-state index in [9.17, 15) is 5.11 Å². The summed E-state index contributed by atoms with van der Waals surface area (Å²) < 4.78 is 0. The Hall–Kier alpha value is -1.90. The molecule has 2 heteroatoms. The van der Waals surface area contributed by atoms with Gasteiger partial charge in [-0.2, -0.15) is 0 Å². The molecule has 0 aromatic heterocycles. The van der Waals surface area contributed by atoms with Gasteiger partial charge < -0.3 is 10.2 Å². The van der Waals surface area contributed by atoms with E-state index in [1.165, 1.54) is 0 Å². The number of hydrogen-bond donors (Lipinski definition) is 2. The third-order valence-corrected chi connectivity index (χ3v) is 3.43. The molecule has 0 radical (unpaired) electrons. The van der Waals surface area contributed by atoms with E-state index >= 15 is 0 Å². The van der Waals surface area contributed by atoms with Crippen molar-refractivity contribution in [1.82, 2.24) is 0 Å².